The Hall–Kier alpha value is -1.69. The number of nitrogens with zero attached hydrogens (tertiary/aromatic N) is 3. The summed E-state index contributed by atoms with van der Waals surface area (Å²) in [5, 5.41) is 13.5. The molecule has 1 saturated heterocycles. The van der Waals surface area contributed by atoms with Gasteiger partial charge in [-0.2, -0.15) is 5.10 Å². The Labute approximate surface area is 137 Å². The van der Waals surface area contributed by atoms with Gasteiger partial charge in [0.05, 0.1) is 17.5 Å². The summed E-state index contributed by atoms with van der Waals surface area (Å²) in [4.78, 5) is 2.43. The van der Waals surface area contributed by atoms with Gasteiger partial charge in [-0.05, 0) is 37.5 Å². The highest BCUT2D eigenvalue weighted by atomic mass is 16.5. The lowest BCUT2D eigenvalue weighted by Crippen LogP contribution is -2.36. The molecule has 2 heterocycles. The van der Waals surface area contributed by atoms with Gasteiger partial charge >= 0.3 is 0 Å². The van der Waals surface area contributed by atoms with Crippen molar-refractivity contribution in [1.82, 2.24) is 14.7 Å². The third kappa shape index (κ3) is 4.64. The van der Waals surface area contributed by atoms with E-state index in [0.717, 1.165) is 50.3 Å². The lowest BCUT2D eigenvalue weighted by Gasteiger charge is -2.31. The molecule has 0 radical (unpaired) electrons. The van der Waals surface area contributed by atoms with Gasteiger partial charge in [-0.25, -0.2) is 4.68 Å². The molecular weight excluding hydrogens is 290 g/mol. The highest BCUT2D eigenvalue weighted by molar-refractivity contribution is 5.30. The number of ether oxygens (including phenoxy) is 1. The Balaban J connectivity index is 1.47. The molecule has 5 heteroatoms. The minimum atomic E-state index is 0.211. The van der Waals surface area contributed by atoms with Gasteiger partial charge in [-0.1, -0.05) is 18.2 Å². The highest BCUT2D eigenvalue weighted by Crippen LogP contribution is 2.16. The number of benzene rings is 1. The van der Waals surface area contributed by atoms with Crippen molar-refractivity contribution in [2.75, 3.05) is 26.3 Å². The molecule has 1 fully saturated rings. The van der Waals surface area contributed by atoms with Crippen LogP contribution in [0.4, 0.5) is 0 Å². The Morgan fingerprint density at radius 3 is 2.65 bits per heavy atom. The van der Waals surface area contributed by atoms with Crippen LogP contribution in [-0.4, -0.2) is 52.2 Å². The van der Waals surface area contributed by atoms with Crippen molar-refractivity contribution in [3.05, 3.63) is 48.3 Å². The van der Waals surface area contributed by atoms with Crippen LogP contribution in [0, 0.1) is 0 Å². The first-order chi connectivity index (χ1) is 11.3. The number of aromatic nitrogens is 2. The van der Waals surface area contributed by atoms with E-state index in [4.69, 9.17) is 9.84 Å². The summed E-state index contributed by atoms with van der Waals surface area (Å²) in [6.07, 6.45) is 5.22. The highest BCUT2D eigenvalue weighted by Gasteiger charge is 2.20. The summed E-state index contributed by atoms with van der Waals surface area (Å²) < 4.78 is 7.71. The van der Waals surface area contributed by atoms with Crippen molar-refractivity contribution in [2.45, 2.75) is 31.9 Å². The Kier molecular flexibility index (Phi) is 5.80. The number of para-hydroxylation sites is 1. The van der Waals surface area contributed by atoms with Crippen LogP contribution < -0.4 is 0 Å². The molecule has 0 aliphatic carbocycles. The third-order valence-corrected chi connectivity index (χ3v) is 4.24. The molecule has 23 heavy (non-hydrogen) atoms. The molecule has 0 saturated carbocycles. The van der Waals surface area contributed by atoms with Crippen LogP contribution in [0.3, 0.4) is 0 Å². The van der Waals surface area contributed by atoms with Crippen molar-refractivity contribution in [3.8, 4) is 5.69 Å². The lowest BCUT2D eigenvalue weighted by atomic mass is 10.1. The largest absolute Gasteiger partial charge is 0.396 e. The quantitative estimate of drug-likeness (QED) is 0.796. The van der Waals surface area contributed by atoms with Gasteiger partial charge < -0.3 is 9.84 Å². The number of aliphatic hydroxyl groups is 1. The molecule has 1 aliphatic rings. The fraction of sp³-hybridized carbons (Fsp3) is 0.500. The van der Waals surface area contributed by atoms with E-state index in [9.17, 15) is 0 Å². The van der Waals surface area contributed by atoms with Crippen LogP contribution in [0.15, 0.2) is 42.6 Å². The van der Waals surface area contributed by atoms with Crippen molar-refractivity contribution in [1.29, 1.82) is 0 Å². The lowest BCUT2D eigenvalue weighted by molar-refractivity contribution is 0.000562. The average molecular weight is 315 g/mol. The Morgan fingerprint density at radius 1 is 1.13 bits per heavy atom. The van der Waals surface area contributed by atoms with E-state index in [-0.39, 0.29) is 6.61 Å². The van der Waals surface area contributed by atoms with E-state index in [1.54, 1.807) is 0 Å². The minimum Gasteiger partial charge on any atom is -0.396 e. The van der Waals surface area contributed by atoms with Gasteiger partial charge in [0.15, 0.2) is 0 Å². The van der Waals surface area contributed by atoms with Gasteiger partial charge in [-0.3, -0.25) is 4.90 Å². The second-order valence-electron chi connectivity index (χ2n) is 6.01. The normalized spacial score (nSPS) is 16.7. The zero-order valence-corrected chi connectivity index (χ0v) is 13.5. The zero-order valence-electron chi connectivity index (χ0n) is 13.5. The second kappa shape index (κ2) is 8.24. The third-order valence-electron chi connectivity index (χ3n) is 4.24. The first-order valence-electron chi connectivity index (χ1n) is 8.40. The number of piperidine rings is 1. The fourth-order valence-electron chi connectivity index (χ4n) is 2.95. The number of aliphatic hydroxyl groups excluding tert-OH is 1. The van der Waals surface area contributed by atoms with Crippen LogP contribution in [0.25, 0.3) is 5.69 Å². The summed E-state index contributed by atoms with van der Waals surface area (Å²) in [6, 6.07) is 12.3. The predicted molar refractivity (Wildman–Crippen MR) is 89.5 cm³/mol. The van der Waals surface area contributed by atoms with Crippen molar-refractivity contribution in [3.63, 3.8) is 0 Å². The van der Waals surface area contributed by atoms with Gasteiger partial charge in [-0.15, -0.1) is 0 Å². The predicted octanol–water partition coefficient (Wildman–Crippen LogP) is 2.24. The average Bonchev–Trinajstić information content (AvgIpc) is 3.06. The Morgan fingerprint density at radius 2 is 1.91 bits per heavy atom. The molecule has 0 atom stereocenters. The van der Waals surface area contributed by atoms with E-state index in [2.05, 4.69) is 28.2 Å². The molecule has 0 amide bonds. The van der Waals surface area contributed by atoms with Crippen molar-refractivity contribution >= 4 is 0 Å². The summed E-state index contributed by atoms with van der Waals surface area (Å²) in [5.74, 6) is 0. The summed E-state index contributed by atoms with van der Waals surface area (Å²) in [6.45, 7) is 3.86. The van der Waals surface area contributed by atoms with Gasteiger partial charge in [0.2, 0.25) is 0 Å². The zero-order chi connectivity index (χ0) is 15.9. The van der Waals surface area contributed by atoms with Gasteiger partial charge in [0.1, 0.15) is 0 Å². The number of hydrogen-bond donors (Lipinski definition) is 1. The standard InChI is InChI=1S/C18H25N3O2/c22-13-4-14-23-18-8-10-20(11-9-18)15-16-7-12-21(19-16)17-5-2-1-3-6-17/h1-3,5-7,12,18,22H,4,8-11,13-15H2. The van der Waals surface area contributed by atoms with Crippen LogP contribution >= 0.6 is 0 Å². The van der Waals surface area contributed by atoms with Crippen LogP contribution in [0.1, 0.15) is 25.0 Å². The molecule has 0 spiro atoms. The van der Waals surface area contributed by atoms with E-state index >= 15 is 0 Å². The van der Waals surface area contributed by atoms with E-state index in [1.165, 1.54) is 0 Å². The maximum absolute atomic E-state index is 8.79. The Bertz CT molecular complexity index is 577. The molecule has 0 unspecified atom stereocenters. The number of rotatable bonds is 7. The first kappa shape index (κ1) is 16.2. The van der Waals surface area contributed by atoms with Crippen LogP contribution in [-0.2, 0) is 11.3 Å². The molecule has 3 rings (SSSR count). The molecule has 2 aromatic rings. The molecule has 0 bridgehead atoms. The molecule has 1 N–H and O–H groups in total. The maximum atomic E-state index is 8.79. The van der Waals surface area contributed by atoms with E-state index < -0.39 is 0 Å². The van der Waals surface area contributed by atoms with Crippen LogP contribution in [0.2, 0.25) is 0 Å². The van der Waals surface area contributed by atoms with Crippen molar-refractivity contribution < 1.29 is 9.84 Å². The number of likely N-dealkylation sites (tertiary alicyclic amines) is 1. The first-order valence-corrected chi connectivity index (χ1v) is 8.40. The van der Waals surface area contributed by atoms with E-state index in [0.29, 0.717) is 12.7 Å². The topological polar surface area (TPSA) is 50.5 Å². The fourth-order valence-corrected chi connectivity index (χ4v) is 2.95. The van der Waals surface area contributed by atoms with Gasteiger partial charge in [0.25, 0.3) is 0 Å². The summed E-state index contributed by atoms with van der Waals surface area (Å²) >= 11 is 0. The SMILES string of the molecule is OCCCOC1CCN(Cc2ccn(-c3ccccc3)n2)CC1. The monoisotopic (exact) mass is 315 g/mol. The smallest absolute Gasteiger partial charge is 0.0769 e. The number of hydrogen-bond acceptors (Lipinski definition) is 4. The molecule has 1 aromatic heterocycles. The van der Waals surface area contributed by atoms with Crippen LogP contribution in [0.5, 0.6) is 0 Å². The summed E-state index contributed by atoms with van der Waals surface area (Å²) in [5.41, 5.74) is 2.20. The minimum absolute atomic E-state index is 0.211. The van der Waals surface area contributed by atoms with Gasteiger partial charge in [0, 0.05) is 39.0 Å². The second-order valence-corrected chi connectivity index (χ2v) is 6.01. The summed E-state index contributed by atoms with van der Waals surface area (Å²) in [7, 11) is 0. The molecule has 1 aromatic carbocycles. The molecule has 1 aliphatic heterocycles. The molecular formula is C18H25N3O2. The van der Waals surface area contributed by atoms with E-state index in [1.807, 2.05) is 29.1 Å². The van der Waals surface area contributed by atoms with Crippen molar-refractivity contribution in [2.24, 2.45) is 0 Å². The molecule has 5 nitrogen and oxygen atoms in total. The maximum Gasteiger partial charge on any atom is 0.0769 e. The molecule has 124 valence electrons.